The van der Waals surface area contributed by atoms with E-state index in [2.05, 4.69) is 10.6 Å². The molecule has 1 aliphatic heterocycles. The van der Waals surface area contributed by atoms with Crippen molar-refractivity contribution < 1.29 is 9.59 Å². The lowest BCUT2D eigenvalue weighted by Crippen LogP contribution is -2.31. The summed E-state index contributed by atoms with van der Waals surface area (Å²) >= 11 is 0. The minimum Gasteiger partial charge on any atom is -0.339 e. The fourth-order valence-electron chi connectivity index (χ4n) is 3.07. The fraction of sp³-hybridized carbons (Fsp3) is 0.579. The highest BCUT2D eigenvalue weighted by atomic mass is 16.2. The van der Waals surface area contributed by atoms with E-state index >= 15 is 0 Å². The number of nitrogens with zero attached hydrogens (tertiary/aromatic N) is 1. The van der Waals surface area contributed by atoms with E-state index in [-0.39, 0.29) is 11.8 Å². The molecule has 1 saturated carbocycles. The van der Waals surface area contributed by atoms with Crippen molar-refractivity contribution in [3.05, 3.63) is 29.8 Å². The summed E-state index contributed by atoms with van der Waals surface area (Å²) in [4.78, 5) is 26.3. The first-order valence-electron chi connectivity index (χ1n) is 9.12. The van der Waals surface area contributed by atoms with Gasteiger partial charge in [0.25, 0.3) is 5.91 Å². The zero-order valence-corrected chi connectivity index (χ0v) is 14.2. The maximum absolute atomic E-state index is 12.5. The summed E-state index contributed by atoms with van der Waals surface area (Å²) < 4.78 is 0. The lowest BCUT2D eigenvalue weighted by Gasteiger charge is -2.20. The first-order valence-corrected chi connectivity index (χ1v) is 9.12. The monoisotopic (exact) mass is 329 g/mol. The Labute approximate surface area is 143 Å². The van der Waals surface area contributed by atoms with Gasteiger partial charge in [-0.3, -0.25) is 9.59 Å². The number of carbonyl (C=O) groups excluding carboxylic acids is 2. The molecule has 0 radical (unpaired) electrons. The summed E-state index contributed by atoms with van der Waals surface area (Å²) in [5, 5.41) is 6.04. The molecule has 0 spiro atoms. The molecule has 0 atom stereocenters. The quantitative estimate of drug-likeness (QED) is 0.843. The third-order valence-electron chi connectivity index (χ3n) is 4.72. The Kier molecular flexibility index (Phi) is 5.86. The van der Waals surface area contributed by atoms with Crippen molar-refractivity contribution in [3.8, 4) is 0 Å². The molecular weight excluding hydrogens is 302 g/mol. The van der Waals surface area contributed by atoms with Gasteiger partial charge in [0.15, 0.2) is 0 Å². The van der Waals surface area contributed by atoms with Gasteiger partial charge < -0.3 is 15.5 Å². The maximum atomic E-state index is 12.5. The van der Waals surface area contributed by atoms with Gasteiger partial charge in [0.05, 0.1) is 6.54 Å². The van der Waals surface area contributed by atoms with Crippen LogP contribution in [0.1, 0.15) is 48.9 Å². The number of benzene rings is 1. The Balaban J connectivity index is 1.48. The highest BCUT2D eigenvalue weighted by molar-refractivity contribution is 5.96. The molecule has 5 heteroatoms. The smallest absolute Gasteiger partial charge is 0.253 e. The molecule has 2 aliphatic rings. The minimum absolute atomic E-state index is 0.0396. The van der Waals surface area contributed by atoms with Crippen LogP contribution < -0.4 is 10.6 Å². The average molecular weight is 329 g/mol. The van der Waals surface area contributed by atoms with Gasteiger partial charge in [-0.1, -0.05) is 12.8 Å². The SMILES string of the molecule is O=C(CNCC1CC1)Nc1ccc(C(=O)N2CCCCCC2)cc1. The number of carbonyl (C=O) groups is 2. The molecule has 1 aromatic rings. The topological polar surface area (TPSA) is 61.4 Å². The number of hydrogen-bond acceptors (Lipinski definition) is 3. The molecule has 1 aliphatic carbocycles. The van der Waals surface area contributed by atoms with E-state index in [9.17, 15) is 9.59 Å². The van der Waals surface area contributed by atoms with Crippen LogP contribution in [0.3, 0.4) is 0 Å². The van der Waals surface area contributed by atoms with Crippen LogP contribution in [0, 0.1) is 5.92 Å². The molecule has 130 valence electrons. The van der Waals surface area contributed by atoms with Crippen molar-refractivity contribution in [3.63, 3.8) is 0 Å². The van der Waals surface area contributed by atoms with Crippen molar-refractivity contribution in [2.45, 2.75) is 38.5 Å². The predicted molar refractivity (Wildman–Crippen MR) is 95.0 cm³/mol. The van der Waals surface area contributed by atoms with E-state index in [0.29, 0.717) is 12.1 Å². The van der Waals surface area contributed by atoms with Crippen LogP contribution in [-0.2, 0) is 4.79 Å². The van der Waals surface area contributed by atoms with Gasteiger partial charge in [-0.15, -0.1) is 0 Å². The normalized spacial score (nSPS) is 18.1. The van der Waals surface area contributed by atoms with E-state index in [1.54, 1.807) is 12.1 Å². The van der Waals surface area contributed by atoms with E-state index in [1.807, 2.05) is 17.0 Å². The third-order valence-corrected chi connectivity index (χ3v) is 4.72. The van der Waals surface area contributed by atoms with Crippen LogP contribution >= 0.6 is 0 Å². The van der Waals surface area contributed by atoms with Gasteiger partial charge in [-0.25, -0.2) is 0 Å². The van der Waals surface area contributed by atoms with E-state index < -0.39 is 0 Å². The van der Waals surface area contributed by atoms with Crippen molar-refractivity contribution >= 4 is 17.5 Å². The van der Waals surface area contributed by atoms with Gasteiger partial charge in [-0.05, 0) is 62.4 Å². The molecule has 0 unspecified atom stereocenters. The molecule has 0 bridgehead atoms. The summed E-state index contributed by atoms with van der Waals surface area (Å²) in [5.74, 6) is 0.824. The molecule has 1 aromatic carbocycles. The summed E-state index contributed by atoms with van der Waals surface area (Å²) in [5.41, 5.74) is 1.43. The standard InChI is InChI=1S/C19H27N3O2/c23-18(14-20-13-15-5-6-15)21-17-9-7-16(8-10-17)19(24)22-11-3-1-2-4-12-22/h7-10,15,20H,1-6,11-14H2,(H,21,23). The first kappa shape index (κ1) is 17.0. The van der Waals surface area contributed by atoms with Crippen molar-refractivity contribution in [1.29, 1.82) is 0 Å². The number of likely N-dealkylation sites (tertiary alicyclic amines) is 1. The predicted octanol–water partition coefficient (Wildman–Crippen LogP) is 2.64. The number of anilines is 1. The van der Waals surface area contributed by atoms with Crippen LogP contribution in [0.4, 0.5) is 5.69 Å². The molecule has 2 fully saturated rings. The Bertz CT molecular complexity index is 558. The Morgan fingerprint density at radius 3 is 2.29 bits per heavy atom. The molecule has 5 nitrogen and oxygen atoms in total. The van der Waals surface area contributed by atoms with Gasteiger partial charge >= 0.3 is 0 Å². The number of amides is 2. The van der Waals surface area contributed by atoms with Crippen molar-refractivity contribution in [2.24, 2.45) is 5.92 Å². The first-order chi connectivity index (χ1) is 11.7. The van der Waals surface area contributed by atoms with Crippen LogP contribution in [0.25, 0.3) is 0 Å². The highest BCUT2D eigenvalue weighted by Crippen LogP contribution is 2.27. The van der Waals surface area contributed by atoms with Crippen LogP contribution in [-0.4, -0.2) is 42.9 Å². The molecular formula is C19H27N3O2. The summed E-state index contributed by atoms with van der Waals surface area (Å²) in [6.07, 6.45) is 7.16. The second-order valence-electron chi connectivity index (χ2n) is 6.91. The molecule has 1 heterocycles. The van der Waals surface area contributed by atoms with Crippen molar-refractivity contribution in [2.75, 3.05) is 31.5 Å². The number of rotatable bonds is 6. The van der Waals surface area contributed by atoms with Gasteiger partial charge in [0.2, 0.25) is 5.91 Å². The Morgan fingerprint density at radius 2 is 1.67 bits per heavy atom. The van der Waals surface area contributed by atoms with Gasteiger partial charge in [0, 0.05) is 24.3 Å². The molecule has 0 aromatic heterocycles. The maximum Gasteiger partial charge on any atom is 0.253 e. The highest BCUT2D eigenvalue weighted by Gasteiger charge is 2.20. The molecule has 1 saturated heterocycles. The van der Waals surface area contributed by atoms with E-state index in [4.69, 9.17) is 0 Å². The number of hydrogen-bond donors (Lipinski definition) is 2. The summed E-state index contributed by atoms with van der Waals surface area (Å²) in [7, 11) is 0. The summed E-state index contributed by atoms with van der Waals surface area (Å²) in [6.45, 7) is 2.97. The second-order valence-corrected chi connectivity index (χ2v) is 6.91. The van der Waals surface area contributed by atoms with E-state index in [1.165, 1.54) is 25.7 Å². The van der Waals surface area contributed by atoms with Crippen LogP contribution in [0.15, 0.2) is 24.3 Å². The minimum atomic E-state index is -0.0396. The second kappa shape index (κ2) is 8.29. The third kappa shape index (κ3) is 5.06. The van der Waals surface area contributed by atoms with E-state index in [0.717, 1.165) is 44.1 Å². The zero-order valence-electron chi connectivity index (χ0n) is 14.2. The average Bonchev–Trinajstić information content (AvgIpc) is 3.42. The van der Waals surface area contributed by atoms with Gasteiger partial charge in [0.1, 0.15) is 0 Å². The molecule has 24 heavy (non-hydrogen) atoms. The number of nitrogens with one attached hydrogen (secondary N) is 2. The molecule has 2 amide bonds. The Morgan fingerprint density at radius 1 is 1.00 bits per heavy atom. The fourth-order valence-corrected chi connectivity index (χ4v) is 3.07. The van der Waals surface area contributed by atoms with Gasteiger partial charge in [-0.2, -0.15) is 0 Å². The lowest BCUT2D eigenvalue weighted by molar-refractivity contribution is -0.115. The van der Waals surface area contributed by atoms with Crippen LogP contribution in [0.2, 0.25) is 0 Å². The zero-order chi connectivity index (χ0) is 16.8. The van der Waals surface area contributed by atoms with Crippen molar-refractivity contribution in [1.82, 2.24) is 10.2 Å². The summed E-state index contributed by atoms with van der Waals surface area (Å²) in [6, 6.07) is 7.23. The lowest BCUT2D eigenvalue weighted by atomic mass is 10.1. The molecule has 2 N–H and O–H groups in total. The molecule has 3 rings (SSSR count). The largest absolute Gasteiger partial charge is 0.339 e. The Hall–Kier alpha value is -1.88. The van der Waals surface area contributed by atoms with Crippen LogP contribution in [0.5, 0.6) is 0 Å².